The monoisotopic (exact) mass is 258 g/mol. The summed E-state index contributed by atoms with van der Waals surface area (Å²) in [6, 6.07) is 4.26. The Bertz CT molecular complexity index is 524. The summed E-state index contributed by atoms with van der Waals surface area (Å²) in [5.74, 6) is 0.0258. The molecule has 0 spiro atoms. The van der Waals surface area contributed by atoms with Crippen molar-refractivity contribution in [3.05, 3.63) is 30.9 Å². The number of ether oxygens (including phenoxy) is 1. The lowest BCUT2D eigenvalue weighted by Crippen LogP contribution is -2.19. The molecule has 2 N–H and O–H groups in total. The van der Waals surface area contributed by atoms with Gasteiger partial charge in [0.25, 0.3) is 0 Å². The second-order valence-corrected chi connectivity index (χ2v) is 3.50. The Labute approximate surface area is 100.0 Å². The molecular weight excluding hydrogens is 249 g/mol. The second kappa shape index (κ2) is 4.55. The van der Waals surface area contributed by atoms with E-state index in [0.717, 1.165) is 0 Å². The number of nitrogen functional groups attached to an aromatic ring is 1. The van der Waals surface area contributed by atoms with Crippen molar-refractivity contribution in [3.63, 3.8) is 0 Å². The fourth-order valence-corrected chi connectivity index (χ4v) is 1.33. The van der Waals surface area contributed by atoms with E-state index in [1.807, 2.05) is 0 Å². The Balaban J connectivity index is 2.22. The molecule has 0 saturated heterocycles. The van der Waals surface area contributed by atoms with Crippen molar-refractivity contribution in [2.24, 2.45) is 0 Å². The molecule has 0 fully saturated rings. The first-order chi connectivity index (χ1) is 8.44. The largest absolute Gasteiger partial charge is 0.484 e. The summed E-state index contributed by atoms with van der Waals surface area (Å²) in [7, 11) is 0. The highest BCUT2D eigenvalue weighted by molar-refractivity contribution is 5.53. The van der Waals surface area contributed by atoms with Crippen LogP contribution in [0.25, 0.3) is 5.69 Å². The number of hydrogen-bond acceptors (Lipinski definition) is 4. The van der Waals surface area contributed by atoms with Gasteiger partial charge >= 0.3 is 6.18 Å². The molecule has 2 rings (SSSR count). The first-order valence-electron chi connectivity index (χ1n) is 4.89. The number of alkyl halides is 3. The number of anilines is 1. The maximum atomic E-state index is 12.0. The summed E-state index contributed by atoms with van der Waals surface area (Å²) in [5, 5.41) is 3.85. The summed E-state index contributed by atoms with van der Waals surface area (Å²) in [6.45, 7) is -1.37. The number of nitrogens with zero attached hydrogens (tertiary/aromatic N) is 3. The molecule has 96 valence electrons. The molecule has 0 aliphatic carbocycles. The van der Waals surface area contributed by atoms with Crippen LogP contribution in [-0.2, 0) is 0 Å². The predicted octanol–water partition coefficient (Wildman–Crippen LogP) is 1.79. The number of nitrogens with two attached hydrogens (primary N) is 1. The molecule has 0 radical (unpaired) electrons. The highest BCUT2D eigenvalue weighted by atomic mass is 19.4. The zero-order chi connectivity index (χ0) is 13.2. The van der Waals surface area contributed by atoms with E-state index in [9.17, 15) is 13.2 Å². The minimum Gasteiger partial charge on any atom is -0.484 e. The standard InChI is InChI=1S/C10H9F3N4O/c11-10(12,13)4-18-9-2-7(14)1-8(3-9)17-6-15-5-16-17/h1-3,5-6H,4,14H2. The summed E-state index contributed by atoms with van der Waals surface area (Å²) in [6.07, 6.45) is -1.68. The minimum atomic E-state index is -4.39. The van der Waals surface area contributed by atoms with Crippen LogP contribution < -0.4 is 10.5 Å². The highest BCUT2D eigenvalue weighted by Crippen LogP contribution is 2.23. The second-order valence-electron chi connectivity index (χ2n) is 3.50. The van der Waals surface area contributed by atoms with Crippen molar-refractivity contribution in [2.45, 2.75) is 6.18 Å². The van der Waals surface area contributed by atoms with Gasteiger partial charge in [-0.2, -0.15) is 18.3 Å². The van der Waals surface area contributed by atoms with Gasteiger partial charge in [0, 0.05) is 17.8 Å². The minimum absolute atomic E-state index is 0.0258. The molecule has 2 aromatic rings. The molecule has 8 heteroatoms. The van der Waals surface area contributed by atoms with Gasteiger partial charge < -0.3 is 10.5 Å². The third-order valence-electron chi connectivity index (χ3n) is 2.00. The van der Waals surface area contributed by atoms with Crippen molar-refractivity contribution in [1.82, 2.24) is 14.8 Å². The maximum absolute atomic E-state index is 12.0. The van der Waals surface area contributed by atoms with Crippen molar-refractivity contribution in [3.8, 4) is 11.4 Å². The predicted molar refractivity (Wildman–Crippen MR) is 57.3 cm³/mol. The van der Waals surface area contributed by atoms with Crippen LogP contribution in [0, 0.1) is 0 Å². The Hall–Kier alpha value is -2.25. The average Bonchev–Trinajstić information content (AvgIpc) is 2.78. The summed E-state index contributed by atoms with van der Waals surface area (Å²) >= 11 is 0. The van der Waals surface area contributed by atoms with Crippen molar-refractivity contribution >= 4 is 5.69 Å². The number of halogens is 3. The van der Waals surface area contributed by atoms with Crippen LogP contribution in [0.4, 0.5) is 18.9 Å². The molecule has 1 aromatic heterocycles. The van der Waals surface area contributed by atoms with Crippen LogP contribution in [0.1, 0.15) is 0 Å². The summed E-state index contributed by atoms with van der Waals surface area (Å²) < 4.78 is 42.1. The van der Waals surface area contributed by atoms with E-state index in [-0.39, 0.29) is 11.4 Å². The molecule has 0 saturated carbocycles. The van der Waals surface area contributed by atoms with Gasteiger partial charge in [-0.15, -0.1) is 0 Å². The first-order valence-corrected chi connectivity index (χ1v) is 4.89. The zero-order valence-corrected chi connectivity index (χ0v) is 9.05. The Kier molecular flexibility index (Phi) is 3.09. The smallest absolute Gasteiger partial charge is 0.422 e. The molecule has 0 aliphatic rings. The third kappa shape index (κ3) is 3.12. The van der Waals surface area contributed by atoms with Gasteiger partial charge in [-0.3, -0.25) is 0 Å². The van der Waals surface area contributed by atoms with E-state index in [0.29, 0.717) is 5.69 Å². The molecule has 18 heavy (non-hydrogen) atoms. The van der Waals surface area contributed by atoms with Crippen molar-refractivity contribution in [1.29, 1.82) is 0 Å². The van der Waals surface area contributed by atoms with Gasteiger partial charge in [0.2, 0.25) is 0 Å². The number of hydrogen-bond donors (Lipinski definition) is 1. The molecular formula is C10H9F3N4O. The van der Waals surface area contributed by atoms with Gasteiger partial charge in [-0.05, 0) is 6.07 Å². The van der Waals surface area contributed by atoms with Gasteiger partial charge in [0.1, 0.15) is 18.4 Å². The van der Waals surface area contributed by atoms with Crippen LogP contribution >= 0.6 is 0 Å². The molecule has 5 nitrogen and oxygen atoms in total. The molecule has 0 unspecified atom stereocenters. The lowest BCUT2D eigenvalue weighted by Gasteiger charge is -2.11. The lowest BCUT2D eigenvalue weighted by atomic mass is 10.2. The average molecular weight is 258 g/mol. The molecule has 0 atom stereocenters. The topological polar surface area (TPSA) is 66.0 Å². The Morgan fingerprint density at radius 1 is 1.28 bits per heavy atom. The highest BCUT2D eigenvalue weighted by Gasteiger charge is 2.28. The maximum Gasteiger partial charge on any atom is 0.422 e. The van der Waals surface area contributed by atoms with Crippen LogP contribution in [-0.4, -0.2) is 27.5 Å². The molecule has 0 amide bonds. The molecule has 1 aromatic carbocycles. The van der Waals surface area contributed by atoms with Gasteiger partial charge in [0.05, 0.1) is 5.69 Å². The number of rotatable bonds is 3. The van der Waals surface area contributed by atoms with E-state index in [1.54, 1.807) is 6.07 Å². The normalized spacial score (nSPS) is 11.5. The third-order valence-corrected chi connectivity index (χ3v) is 2.00. The van der Waals surface area contributed by atoms with E-state index >= 15 is 0 Å². The van der Waals surface area contributed by atoms with Gasteiger partial charge in [-0.25, -0.2) is 9.67 Å². The fourth-order valence-electron chi connectivity index (χ4n) is 1.33. The molecule has 0 aliphatic heterocycles. The Morgan fingerprint density at radius 3 is 2.67 bits per heavy atom. The van der Waals surface area contributed by atoms with E-state index in [4.69, 9.17) is 5.73 Å². The number of benzene rings is 1. The lowest BCUT2D eigenvalue weighted by molar-refractivity contribution is -0.153. The quantitative estimate of drug-likeness (QED) is 0.852. The summed E-state index contributed by atoms with van der Waals surface area (Å²) in [5.41, 5.74) is 6.34. The zero-order valence-electron chi connectivity index (χ0n) is 9.05. The van der Waals surface area contributed by atoms with Crippen molar-refractivity contribution < 1.29 is 17.9 Å². The van der Waals surface area contributed by atoms with Crippen molar-refractivity contribution in [2.75, 3.05) is 12.3 Å². The molecule has 0 bridgehead atoms. The van der Waals surface area contributed by atoms with Crippen LogP contribution in [0.15, 0.2) is 30.9 Å². The van der Waals surface area contributed by atoms with Crippen LogP contribution in [0.5, 0.6) is 5.75 Å². The van der Waals surface area contributed by atoms with Crippen LogP contribution in [0.2, 0.25) is 0 Å². The van der Waals surface area contributed by atoms with E-state index in [1.165, 1.54) is 29.5 Å². The van der Waals surface area contributed by atoms with Gasteiger partial charge in [0.15, 0.2) is 6.61 Å². The van der Waals surface area contributed by atoms with E-state index < -0.39 is 12.8 Å². The SMILES string of the molecule is Nc1cc(OCC(F)(F)F)cc(-n2cncn2)c1. The fraction of sp³-hybridized carbons (Fsp3) is 0.200. The Morgan fingerprint density at radius 2 is 2.06 bits per heavy atom. The summed E-state index contributed by atoms with van der Waals surface area (Å²) in [4.78, 5) is 3.73. The van der Waals surface area contributed by atoms with Crippen LogP contribution in [0.3, 0.4) is 0 Å². The number of aromatic nitrogens is 3. The molecule has 1 heterocycles. The van der Waals surface area contributed by atoms with Gasteiger partial charge in [-0.1, -0.05) is 0 Å². The van der Waals surface area contributed by atoms with E-state index in [2.05, 4.69) is 14.8 Å². The first kappa shape index (κ1) is 12.2.